The first-order chi connectivity index (χ1) is 20.0. The van der Waals surface area contributed by atoms with Crippen molar-refractivity contribution in [1.29, 1.82) is 0 Å². The average Bonchev–Trinajstić information content (AvgIpc) is 3.28. The van der Waals surface area contributed by atoms with Crippen molar-refractivity contribution in [3.8, 4) is 0 Å². The molecule has 0 aliphatic rings. The fourth-order valence-electron chi connectivity index (χ4n) is 5.76. The first-order valence-corrected chi connectivity index (χ1v) is 14.5. The first kappa shape index (κ1) is 28.2. The van der Waals surface area contributed by atoms with Gasteiger partial charge >= 0.3 is 0 Å². The van der Waals surface area contributed by atoms with Crippen LogP contribution in [0.2, 0.25) is 0 Å². The van der Waals surface area contributed by atoms with Crippen molar-refractivity contribution in [2.24, 2.45) is 0 Å². The van der Waals surface area contributed by atoms with Crippen molar-refractivity contribution in [2.45, 2.75) is 38.6 Å². The summed E-state index contributed by atoms with van der Waals surface area (Å²) in [5, 5.41) is 4.25. The number of nitrogens with zero attached hydrogens (tertiary/aromatic N) is 2. The topological polar surface area (TPSA) is 63.3 Å². The standard InChI is InChI=1S/C36H40N4O/c1-4-12-26-17-20-30(21-18-26)38-36(41)35-34(33(27-13-7-5-8-14-27)28-15-9-6-10-16-28)31-25-29(37)19-22-32(31)40(35)24-11-23-39(2)3/h5-10,13-22,25,33H,4,11-12,23-24,37H2,1-3H3,(H,38,41). The minimum Gasteiger partial charge on any atom is -0.399 e. The number of nitrogen functional groups attached to an aromatic ring is 1. The molecule has 0 unspecified atom stereocenters. The number of carbonyl (C=O) groups excluding carboxylic acids is 1. The highest BCUT2D eigenvalue weighted by Gasteiger charge is 2.30. The monoisotopic (exact) mass is 544 g/mol. The van der Waals surface area contributed by atoms with Crippen molar-refractivity contribution in [1.82, 2.24) is 9.47 Å². The second-order valence-corrected chi connectivity index (χ2v) is 11.0. The van der Waals surface area contributed by atoms with Crippen LogP contribution in [0.1, 0.15) is 58.4 Å². The summed E-state index contributed by atoms with van der Waals surface area (Å²) < 4.78 is 2.20. The molecule has 1 amide bonds. The Labute approximate surface area is 243 Å². The third-order valence-electron chi connectivity index (χ3n) is 7.63. The number of nitrogens with one attached hydrogen (secondary N) is 1. The van der Waals surface area contributed by atoms with Crippen molar-refractivity contribution >= 4 is 28.2 Å². The SMILES string of the molecule is CCCc1ccc(NC(=O)c2c(C(c3ccccc3)c3ccccc3)c3cc(N)ccc3n2CCCN(C)C)cc1. The summed E-state index contributed by atoms with van der Waals surface area (Å²) in [4.78, 5) is 16.6. The number of anilines is 2. The highest BCUT2D eigenvalue weighted by molar-refractivity contribution is 6.09. The lowest BCUT2D eigenvalue weighted by Crippen LogP contribution is -2.22. The van der Waals surface area contributed by atoms with Gasteiger partial charge in [0.1, 0.15) is 5.69 Å². The van der Waals surface area contributed by atoms with Gasteiger partial charge in [-0.05, 0) is 80.5 Å². The van der Waals surface area contributed by atoms with E-state index in [0.29, 0.717) is 17.9 Å². The Morgan fingerprint density at radius 2 is 1.51 bits per heavy atom. The van der Waals surface area contributed by atoms with Crippen LogP contribution in [0.5, 0.6) is 0 Å². The Hall–Kier alpha value is -4.35. The highest BCUT2D eigenvalue weighted by Crippen LogP contribution is 2.41. The minimum atomic E-state index is -0.149. The smallest absolute Gasteiger partial charge is 0.272 e. The lowest BCUT2D eigenvalue weighted by Gasteiger charge is -2.21. The summed E-state index contributed by atoms with van der Waals surface area (Å²) in [5.41, 5.74) is 14.1. The molecular formula is C36H40N4O. The normalized spacial score (nSPS) is 11.4. The molecule has 1 aromatic heterocycles. The minimum absolute atomic E-state index is 0.111. The lowest BCUT2D eigenvalue weighted by molar-refractivity contribution is 0.101. The predicted molar refractivity (Wildman–Crippen MR) is 172 cm³/mol. The molecule has 0 spiro atoms. The predicted octanol–water partition coefficient (Wildman–Crippen LogP) is 7.56. The number of hydrogen-bond acceptors (Lipinski definition) is 3. The fourth-order valence-corrected chi connectivity index (χ4v) is 5.76. The summed E-state index contributed by atoms with van der Waals surface area (Å²) in [6.07, 6.45) is 3.02. The van der Waals surface area contributed by atoms with Crippen LogP contribution in [0.25, 0.3) is 10.9 Å². The van der Waals surface area contributed by atoms with E-state index < -0.39 is 0 Å². The van der Waals surface area contributed by atoms with Gasteiger partial charge in [0, 0.05) is 40.3 Å². The zero-order valence-electron chi connectivity index (χ0n) is 24.3. The Balaban J connectivity index is 1.72. The van der Waals surface area contributed by atoms with Gasteiger partial charge in [-0.3, -0.25) is 4.79 Å². The molecule has 41 heavy (non-hydrogen) atoms. The van der Waals surface area contributed by atoms with E-state index in [2.05, 4.69) is 103 Å². The van der Waals surface area contributed by atoms with E-state index in [1.54, 1.807) is 0 Å². The van der Waals surface area contributed by atoms with Crippen LogP contribution >= 0.6 is 0 Å². The molecule has 0 radical (unpaired) electrons. The Morgan fingerprint density at radius 1 is 0.878 bits per heavy atom. The molecule has 0 saturated heterocycles. The van der Waals surface area contributed by atoms with E-state index >= 15 is 0 Å². The molecule has 5 heteroatoms. The maximum absolute atomic E-state index is 14.4. The molecule has 0 atom stereocenters. The highest BCUT2D eigenvalue weighted by atomic mass is 16.2. The van der Waals surface area contributed by atoms with Gasteiger partial charge in [0.2, 0.25) is 0 Å². The van der Waals surface area contributed by atoms with Crippen molar-refractivity contribution in [3.63, 3.8) is 0 Å². The number of benzene rings is 4. The summed E-state index contributed by atoms with van der Waals surface area (Å²) in [7, 11) is 4.16. The fraction of sp³-hybridized carbons (Fsp3) is 0.250. The number of nitrogens with two attached hydrogens (primary N) is 1. The molecule has 0 saturated carbocycles. The molecule has 0 aliphatic heterocycles. The van der Waals surface area contributed by atoms with Crippen molar-refractivity contribution in [3.05, 3.63) is 131 Å². The van der Waals surface area contributed by atoms with Crippen LogP contribution in [0.4, 0.5) is 11.4 Å². The molecule has 0 fully saturated rings. The second-order valence-electron chi connectivity index (χ2n) is 11.0. The lowest BCUT2D eigenvalue weighted by atomic mass is 9.83. The Morgan fingerprint density at radius 3 is 2.10 bits per heavy atom. The van der Waals surface area contributed by atoms with Crippen LogP contribution in [0.3, 0.4) is 0 Å². The van der Waals surface area contributed by atoms with E-state index in [-0.39, 0.29) is 11.8 Å². The van der Waals surface area contributed by atoms with Crippen LogP contribution < -0.4 is 11.1 Å². The maximum Gasteiger partial charge on any atom is 0.272 e. The van der Waals surface area contributed by atoms with E-state index in [1.807, 2.05) is 36.4 Å². The van der Waals surface area contributed by atoms with Crippen LogP contribution in [0.15, 0.2) is 103 Å². The molecule has 0 aliphatic carbocycles. The van der Waals surface area contributed by atoms with Crippen molar-refractivity contribution < 1.29 is 4.79 Å². The largest absolute Gasteiger partial charge is 0.399 e. The third kappa shape index (κ3) is 6.36. The Bertz CT molecular complexity index is 1550. The zero-order valence-corrected chi connectivity index (χ0v) is 24.3. The van der Waals surface area contributed by atoms with E-state index in [1.165, 1.54) is 5.56 Å². The molecule has 210 valence electrons. The average molecular weight is 545 g/mol. The maximum atomic E-state index is 14.4. The quantitative estimate of drug-likeness (QED) is 0.169. The summed E-state index contributed by atoms with van der Waals surface area (Å²) >= 11 is 0. The number of rotatable bonds is 11. The van der Waals surface area contributed by atoms with Crippen molar-refractivity contribution in [2.75, 3.05) is 31.7 Å². The molecule has 4 aromatic carbocycles. The first-order valence-electron chi connectivity index (χ1n) is 14.5. The molecule has 0 bridgehead atoms. The van der Waals surface area contributed by atoms with Gasteiger partial charge < -0.3 is 20.5 Å². The molecule has 3 N–H and O–H groups in total. The number of carbonyl (C=O) groups is 1. The van der Waals surface area contributed by atoms with Crippen LogP contribution in [-0.4, -0.2) is 36.0 Å². The molecule has 5 rings (SSSR count). The van der Waals surface area contributed by atoms with Gasteiger partial charge in [-0.15, -0.1) is 0 Å². The van der Waals surface area contributed by atoms with Gasteiger partial charge in [-0.1, -0.05) is 86.1 Å². The summed E-state index contributed by atoms with van der Waals surface area (Å²) in [6, 6.07) is 35.1. The zero-order chi connectivity index (χ0) is 28.8. The number of hydrogen-bond donors (Lipinski definition) is 2. The Kier molecular flexibility index (Phi) is 8.85. The van der Waals surface area contributed by atoms with E-state index in [9.17, 15) is 4.79 Å². The molecule has 1 heterocycles. The molecule has 5 aromatic rings. The number of aromatic nitrogens is 1. The number of amides is 1. The molecular weight excluding hydrogens is 504 g/mol. The summed E-state index contributed by atoms with van der Waals surface area (Å²) in [5.74, 6) is -0.260. The number of fused-ring (bicyclic) bond motifs is 1. The van der Waals surface area contributed by atoms with Gasteiger partial charge in [0.25, 0.3) is 5.91 Å². The third-order valence-corrected chi connectivity index (χ3v) is 7.63. The second kappa shape index (κ2) is 12.9. The number of aryl methyl sites for hydroxylation is 2. The van der Waals surface area contributed by atoms with Gasteiger partial charge in [0.15, 0.2) is 0 Å². The molecule has 5 nitrogen and oxygen atoms in total. The van der Waals surface area contributed by atoms with Crippen LogP contribution in [0, 0.1) is 0 Å². The van der Waals surface area contributed by atoms with Crippen LogP contribution in [-0.2, 0) is 13.0 Å². The van der Waals surface area contributed by atoms with Gasteiger partial charge in [-0.25, -0.2) is 0 Å². The van der Waals surface area contributed by atoms with E-state index in [0.717, 1.165) is 59.1 Å². The van der Waals surface area contributed by atoms with Gasteiger partial charge in [0.05, 0.1) is 0 Å². The van der Waals surface area contributed by atoms with E-state index in [4.69, 9.17) is 5.73 Å². The summed E-state index contributed by atoms with van der Waals surface area (Å²) in [6.45, 7) is 3.81. The van der Waals surface area contributed by atoms with Gasteiger partial charge in [-0.2, -0.15) is 0 Å².